The third-order valence-electron chi connectivity index (χ3n) is 3.34. The SMILES string of the molecule is CC(C)c1cccc(C(=O)O)c1NS(=O)(=O)c1cncc(C#N)c1. The van der Waals surface area contributed by atoms with Gasteiger partial charge in [0.05, 0.1) is 16.8 Å². The first-order valence-electron chi connectivity index (χ1n) is 7.00. The summed E-state index contributed by atoms with van der Waals surface area (Å²) < 4.78 is 27.5. The van der Waals surface area contributed by atoms with Gasteiger partial charge < -0.3 is 5.11 Å². The van der Waals surface area contributed by atoms with Gasteiger partial charge in [0, 0.05) is 12.4 Å². The Hall–Kier alpha value is -2.92. The number of carbonyl (C=O) groups is 1. The molecule has 7 nitrogen and oxygen atoms in total. The van der Waals surface area contributed by atoms with Crippen molar-refractivity contribution >= 4 is 21.7 Å². The van der Waals surface area contributed by atoms with Gasteiger partial charge in [0.2, 0.25) is 0 Å². The van der Waals surface area contributed by atoms with Gasteiger partial charge in [-0.05, 0) is 23.6 Å². The highest BCUT2D eigenvalue weighted by Crippen LogP contribution is 2.30. The maximum atomic E-state index is 12.6. The summed E-state index contributed by atoms with van der Waals surface area (Å²) in [7, 11) is -4.08. The Morgan fingerprint density at radius 3 is 2.62 bits per heavy atom. The number of para-hydroxylation sites is 1. The lowest BCUT2D eigenvalue weighted by Gasteiger charge is -2.17. The Labute approximate surface area is 139 Å². The Bertz CT molecular complexity index is 931. The summed E-state index contributed by atoms with van der Waals surface area (Å²) in [6, 6.07) is 7.55. The van der Waals surface area contributed by atoms with Crippen LogP contribution in [0.1, 0.15) is 41.3 Å². The third kappa shape index (κ3) is 3.52. The van der Waals surface area contributed by atoms with Crippen molar-refractivity contribution in [1.82, 2.24) is 4.98 Å². The number of hydrogen-bond acceptors (Lipinski definition) is 5. The van der Waals surface area contributed by atoms with Crippen molar-refractivity contribution in [2.45, 2.75) is 24.7 Å². The van der Waals surface area contributed by atoms with Gasteiger partial charge in [-0.1, -0.05) is 26.0 Å². The van der Waals surface area contributed by atoms with E-state index in [2.05, 4.69) is 9.71 Å². The third-order valence-corrected chi connectivity index (χ3v) is 4.65. The van der Waals surface area contributed by atoms with Gasteiger partial charge in [-0.2, -0.15) is 5.26 Å². The second kappa shape index (κ2) is 6.68. The minimum atomic E-state index is -4.08. The quantitative estimate of drug-likeness (QED) is 0.859. The summed E-state index contributed by atoms with van der Waals surface area (Å²) in [5.74, 6) is -1.33. The number of nitrogens with zero attached hydrogens (tertiary/aromatic N) is 2. The van der Waals surface area contributed by atoms with E-state index in [0.717, 1.165) is 6.20 Å². The minimum Gasteiger partial charge on any atom is -0.478 e. The van der Waals surface area contributed by atoms with Crippen LogP contribution in [-0.4, -0.2) is 24.5 Å². The maximum absolute atomic E-state index is 12.6. The standard InChI is InChI=1S/C16H15N3O4S/c1-10(2)13-4-3-5-14(16(20)21)15(13)19-24(22,23)12-6-11(7-17)8-18-9-12/h3-6,8-10,19H,1-2H3,(H,20,21). The molecule has 1 aromatic heterocycles. The fourth-order valence-corrected chi connectivity index (χ4v) is 3.26. The highest BCUT2D eigenvalue weighted by atomic mass is 32.2. The van der Waals surface area contributed by atoms with Crippen LogP contribution in [0, 0.1) is 11.3 Å². The molecule has 0 aliphatic rings. The highest BCUT2D eigenvalue weighted by molar-refractivity contribution is 7.92. The molecule has 0 saturated heterocycles. The lowest BCUT2D eigenvalue weighted by atomic mass is 9.98. The number of nitriles is 1. The number of pyridine rings is 1. The summed E-state index contributed by atoms with van der Waals surface area (Å²) in [5, 5.41) is 18.2. The number of hydrogen-bond donors (Lipinski definition) is 2. The highest BCUT2D eigenvalue weighted by Gasteiger charge is 2.22. The summed E-state index contributed by atoms with van der Waals surface area (Å²) in [5.41, 5.74) is 0.521. The van der Waals surface area contributed by atoms with E-state index in [0.29, 0.717) is 5.56 Å². The van der Waals surface area contributed by atoms with Crippen molar-refractivity contribution in [3.8, 4) is 6.07 Å². The summed E-state index contributed by atoms with van der Waals surface area (Å²) in [6.45, 7) is 3.66. The average Bonchev–Trinajstić information content (AvgIpc) is 2.54. The summed E-state index contributed by atoms with van der Waals surface area (Å²) >= 11 is 0. The molecule has 0 atom stereocenters. The van der Waals surface area contributed by atoms with Crippen molar-refractivity contribution in [2.24, 2.45) is 0 Å². The van der Waals surface area contributed by atoms with Crippen LogP contribution in [0.4, 0.5) is 5.69 Å². The normalized spacial score (nSPS) is 11.1. The van der Waals surface area contributed by atoms with Gasteiger partial charge in [0.15, 0.2) is 0 Å². The van der Waals surface area contributed by atoms with E-state index in [1.54, 1.807) is 12.1 Å². The van der Waals surface area contributed by atoms with Crippen molar-refractivity contribution < 1.29 is 18.3 Å². The van der Waals surface area contributed by atoms with E-state index in [9.17, 15) is 18.3 Å². The molecule has 0 unspecified atom stereocenters. The number of nitrogens with one attached hydrogen (secondary N) is 1. The molecule has 2 rings (SSSR count). The van der Waals surface area contributed by atoms with Crippen LogP contribution in [0.2, 0.25) is 0 Å². The van der Waals surface area contributed by atoms with E-state index < -0.39 is 16.0 Å². The van der Waals surface area contributed by atoms with E-state index in [1.807, 2.05) is 19.9 Å². The number of carboxylic acids is 1. The topological polar surface area (TPSA) is 120 Å². The number of anilines is 1. The Morgan fingerprint density at radius 2 is 2.04 bits per heavy atom. The molecule has 2 N–H and O–H groups in total. The lowest BCUT2D eigenvalue weighted by molar-refractivity contribution is 0.0698. The molecule has 1 aromatic carbocycles. The van der Waals surface area contributed by atoms with Crippen molar-refractivity contribution in [2.75, 3.05) is 4.72 Å². The second-order valence-electron chi connectivity index (χ2n) is 5.36. The predicted molar refractivity (Wildman–Crippen MR) is 87.3 cm³/mol. The lowest BCUT2D eigenvalue weighted by Crippen LogP contribution is -2.18. The molecule has 0 saturated carbocycles. The molecule has 8 heteroatoms. The second-order valence-corrected chi connectivity index (χ2v) is 7.04. The molecule has 1 heterocycles. The van der Waals surface area contributed by atoms with Gasteiger partial charge >= 0.3 is 5.97 Å². The largest absolute Gasteiger partial charge is 0.478 e. The number of aromatic carboxylic acids is 1. The van der Waals surface area contributed by atoms with E-state index >= 15 is 0 Å². The molecule has 0 radical (unpaired) electrons. The first kappa shape index (κ1) is 17.4. The van der Waals surface area contributed by atoms with Crippen LogP contribution in [0.3, 0.4) is 0 Å². The molecule has 0 fully saturated rings. The zero-order valence-electron chi connectivity index (χ0n) is 13.0. The number of sulfonamides is 1. The van der Waals surface area contributed by atoms with Crippen LogP contribution in [-0.2, 0) is 10.0 Å². The van der Waals surface area contributed by atoms with Crippen LogP contribution in [0.25, 0.3) is 0 Å². The van der Waals surface area contributed by atoms with E-state index in [4.69, 9.17) is 5.26 Å². The number of benzene rings is 1. The zero-order valence-corrected chi connectivity index (χ0v) is 13.8. The van der Waals surface area contributed by atoms with E-state index in [1.165, 1.54) is 18.3 Å². The van der Waals surface area contributed by atoms with Crippen molar-refractivity contribution in [3.63, 3.8) is 0 Å². The number of carboxylic acid groups (broad SMARTS) is 1. The molecule has 0 aliphatic carbocycles. The minimum absolute atomic E-state index is 0.0161. The van der Waals surface area contributed by atoms with Crippen molar-refractivity contribution in [3.05, 3.63) is 53.3 Å². The first-order chi connectivity index (χ1) is 11.3. The molecule has 0 amide bonds. The van der Waals surface area contributed by atoms with Crippen molar-refractivity contribution in [1.29, 1.82) is 5.26 Å². The summed E-state index contributed by atoms with van der Waals surface area (Å²) in [4.78, 5) is 14.9. The Balaban J connectivity index is 2.57. The van der Waals surface area contributed by atoms with Gasteiger partial charge in [-0.25, -0.2) is 13.2 Å². The fraction of sp³-hybridized carbons (Fsp3) is 0.188. The molecule has 2 aromatic rings. The molecule has 0 bridgehead atoms. The van der Waals surface area contributed by atoms with Crippen LogP contribution in [0.15, 0.2) is 41.6 Å². The zero-order chi connectivity index (χ0) is 17.9. The van der Waals surface area contributed by atoms with Gasteiger partial charge in [0.1, 0.15) is 11.0 Å². The molecular formula is C16H15N3O4S. The smallest absolute Gasteiger partial charge is 0.337 e. The van der Waals surface area contributed by atoms with Crippen LogP contribution >= 0.6 is 0 Å². The fourth-order valence-electron chi connectivity index (χ4n) is 2.16. The monoisotopic (exact) mass is 345 g/mol. The van der Waals surface area contributed by atoms with Gasteiger partial charge in [-0.3, -0.25) is 9.71 Å². The molecular weight excluding hydrogens is 330 g/mol. The summed E-state index contributed by atoms with van der Waals surface area (Å²) in [6.07, 6.45) is 2.34. The van der Waals surface area contributed by atoms with Gasteiger partial charge in [0.25, 0.3) is 10.0 Å². The molecule has 0 aliphatic heterocycles. The number of rotatable bonds is 5. The first-order valence-corrected chi connectivity index (χ1v) is 8.48. The molecule has 24 heavy (non-hydrogen) atoms. The average molecular weight is 345 g/mol. The number of aromatic nitrogens is 1. The molecule has 0 spiro atoms. The molecule has 124 valence electrons. The predicted octanol–water partition coefficient (Wildman–Crippen LogP) is 2.58. The van der Waals surface area contributed by atoms with Gasteiger partial charge in [-0.15, -0.1) is 0 Å². The van der Waals surface area contributed by atoms with Crippen LogP contribution in [0.5, 0.6) is 0 Å². The Kier molecular flexibility index (Phi) is 4.85. The Morgan fingerprint density at radius 1 is 1.33 bits per heavy atom. The van der Waals surface area contributed by atoms with E-state index in [-0.39, 0.29) is 27.6 Å². The van der Waals surface area contributed by atoms with Crippen LogP contribution < -0.4 is 4.72 Å². The maximum Gasteiger partial charge on any atom is 0.337 e.